The van der Waals surface area contributed by atoms with Crippen LogP contribution < -0.4 is 16.0 Å². The Hall–Kier alpha value is -11.0. The van der Waals surface area contributed by atoms with E-state index < -0.39 is 35.2 Å². The van der Waals surface area contributed by atoms with E-state index in [4.69, 9.17) is 6.42 Å². The molecule has 0 spiro atoms. The van der Waals surface area contributed by atoms with Crippen LogP contribution >= 0.6 is 15.9 Å². The first-order chi connectivity index (χ1) is 46.6. The summed E-state index contributed by atoms with van der Waals surface area (Å²) in [4.78, 5) is 50.3. The molecule has 0 bridgehead atoms. The van der Waals surface area contributed by atoms with Gasteiger partial charge in [-0.05, 0) is 186 Å². The minimum absolute atomic E-state index is 0. The van der Waals surface area contributed by atoms with E-state index >= 15 is 0 Å². The van der Waals surface area contributed by atoms with Crippen molar-refractivity contribution >= 4 is 83.0 Å². The number of carbonyl (C=O) groups excluding carboxylic acids is 3. The molecule has 3 heterocycles. The van der Waals surface area contributed by atoms with Gasteiger partial charge in [-0.1, -0.05) is 195 Å². The monoisotopic (exact) mass is 1400 g/mol. The Labute approximate surface area is 596 Å². The van der Waals surface area contributed by atoms with E-state index in [1.807, 2.05) is 161 Å². The summed E-state index contributed by atoms with van der Waals surface area (Å²) < 4.78 is 43.3. The van der Waals surface area contributed by atoms with E-state index in [-0.39, 0.29) is 39.0 Å². The number of terminal acetylenes is 1. The number of hydrogen-bond acceptors (Lipinski definition) is 6. The van der Waals surface area contributed by atoms with Crippen LogP contribution in [0.4, 0.5) is 30.2 Å². The lowest BCUT2D eigenvalue weighted by Gasteiger charge is -2.13. The van der Waals surface area contributed by atoms with Crippen molar-refractivity contribution in [3.05, 3.63) is 319 Å². The van der Waals surface area contributed by atoms with Gasteiger partial charge in [-0.15, -0.1) is 6.42 Å². The Morgan fingerprint density at radius 2 is 0.820 bits per heavy atom. The van der Waals surface area contributed by atoms with Crippen molar-refractivity contribution in [3.8, 4) is 24.2 Å². The van der Waals surface area contributed by atoms with E-state index in [9.17, 15) is 27.6 Å². The van der Waals surface area contributed by atoms with Gasteiger partial charge >= 0.3 is 0 Å². The van der Waals surface area contributed by atoms with Crippen molar-refractivity contribution in [1.82, 2.24) is 15.0 Å². The predicted octanol–water partition coefficient (Wildman–Crippen LogP) is 22.7. The molecule has 100 heavy (non-hydrogen) atoms. The Kier molecular flexibility index (Phi) is 28.5. The van der Waals surface area contributed by atoms with E-state index in [1.54, 1.807) is 42.9 Å². The van der Waals surface area contributed by atoms with Gasteiger partial charge < -0.3 is 16.0 Å². The molecule has 12 aromatic rings. The normalized spacial score (nSPS) is 10.4. The maximum absolute atomic E-state index is 14.5. The summed E-state index contributed by atoms with van der Waals surface area (Å²) in [5.41, 5.74) is 13.2. The van der Waals surface area contributed by atoms with Crippen LogP contribution in [-0.2, 0) is 12.8 Å². The standard InChI is InChI=1S/C28H27FN2O.C28H23FN2O.C17H17BrFNO.C11H7N.3CH4/c2*1-18(2)24-12-11-23(14-19(24)3)31-28(32)26-15-20(9-13-27(26)29)8-10-22-17-30-16-21-6-4-5-7-25(21)22;1-10(2)14-6-5-13(8-11(14)3)20-17(21)15-9-12(18)4-7-16(15)19;1-2-9-7-12-8-10-5-3-4-6-11(9)10;;;/h4-7,9,11-18H,8,10H2,1-3H3,(H,31,32);4-7,9,11-18H,1-3H3,(H,31,32);4-10H,1-3H3,(H,20,21);1,3-8H;3*1H4. The average molecular weight is 1400 g/mol. The third-order valence-corrected chi connectivity index (χ3v) is 16.9. The molecule has 13 heteroatoms. The number of carbonyl (C=O) groups is 3. The summed E-state index contributed by atoms with van der Waals surface area (Å²) in [5.74, 6) is 6.93. The van der Waals surface area contributed by atoms with Gasteiger partial charge in [-0.25, -0.2) is 13.2 Å². The number of hydrogen-bond donors (Lipinski definition) is 3. The highest BCUT2D eigenvalue weighted by Crippen LogP contribution is 2.28. The highest BCUT2D eigenvalue weighted by molar-refractivity contribution is 9.10. The molecule has 12 rings (SSSR count). The number of nitrogens with one attached hydrogen (secondary N) is 3. The van der Waals surface area contributed by atoms with E-state index in [2.05, 4.69) is 112 Å². The third kappa shape index (κ3) is 20.3. The number of anilines is 3. The largest absolute Gasteiger partial charge is 0.322 e. The van der Waals surface area contributed by atoms with Gasteiger partial charge in [0, 0.05) is 91.2 Å². The van der Waals surface area contributed by atoms with Gasteiger partial charge in [-0.3, -0.25) is 29.3 Å². The lowest BCUT2D eigenvalue weighted by Crippen LogP contribution is -2.14. The molecular formula is C87H86BrF3N6O3. The fourth-order valence-corrected chi connectivity index (χ4v) is 11.8. The maximum Gasteiger partial charge on any atom is 0.258 e. The Balaban J connectivity index is 0.000000218. The fraction of sp³-hybridized carbons (Fsp3) is 0.195. The van der Waals surface area contributed by atoms with Crippen molar-refractivity contribution in [2.45, 2.75) is 115 Å². The van der Waals surface area contributed by atoms with E-state index in [0.717, 1.165) is 72.3 Å². The van der Waals surface area contributed by atoms with Crippen LogP contribution in [0.1, 0.15) is 174 Å². The fourth-order valence-electron chi connectivity index (χ4n) is 11.4. The van der Waals surface area contributed by atoms with Crippen molar-refractivity contribution < 1.29 is 27.6 Å². The zero-order valence-electron chi connectivity index (χ0n) is 55.6. The molecule has 510 valence electrons. The van der Waals surface area contributed by atoms with Crippen LogP contribution in [0.25, 0.3) is 32.3 Å². The number of halogens is 4. The van der Waals surface area contributed by atoms with E-state index in [1.165, 1.54) is 52.4 Å². The number of pyridine rings is 3. The molecule has 9 aromatic carbocycles. The molecule has 0 unspecified atom stereocenters. The van der Waals surface area contributed by atoms with Crippen molar-refractivity contribution in [2.75, 3.05) is 16.0 Å². The minimum Gasteiger partial charge on any atom is -0.322 e. The predicted molar refractivity (Wildman–Crippen MR) is 413 cm³/mol. The third-order valence-electron chi connectivity index (χ3n) is 16.4. The SMILES string of the molecule is C.C.C.C#Cc1cncc2ccccc12.Cc1cc(NC(=O)c2cc(Br)ccc2F)ccc1C(C)C.Cc1cc(NC(=O)c2cc(C#Cc3cncc4ccccc34)ccc2F)ccc1C(C)C.Cc1cc(NC(=O)c2cc(CCc3cncc4ccccc34)ccc2F)ccc1C(C)C. The average Bonchev–Trinajstić information content (AvgIpc) is 0.838. The second-order valence-electron chi connectivity index (χ2n) is 24.4. The maximum atomic E-state index is 14.5. The summed E-state index contributed by atoms with van der Waals surface area (Å²) in [6.45, 7) is 18.8. The first kappa shape index (κ1) is 78.0. The zero-order chi connectivity index (χ0) is 69.3. The lowest BCUT2D eigenvalue weighted by atomic mass is 9.97. The molecule has 3 aromatic heterocycles. The number of nitrogens with zero attached hydrogens (tertiary/aromatic N) is 3. The van der Waals surface area contributed by atoms with Crippen LogP contribution in [-0.4, -0.2) is 32.7 Å². The van der Waals surface area contributed by atoms with E-state index in [0.29, 0.717) is 51.3 Å². The quantitative estimate of drug-likeness (QED) is 0.105. The first-order valence-electron chi connectivity index (χ1n) is 31.9. The van der Waals surface area contributed by atoms with Crippen LogP contribution in [0.3, 0.4) is 0 Å². The molecule has 0 radical (unpaired) electrons. The number of rotatable bonds is 12. The summed E-state index contributed by atoms with van der Waals surface area (Å²) >= 11 is 3.24. The Morgan fingerprint density at radius 1 is 0.430 bits per heavy atom. The minimum atomic E-state index is -0.588. The Bertz CT molecular complexity index is 4970. The molecule has 0 aliphatic heterocycles. The molecule has 0 aliphatic carbocycles. The first-order valence-corrected chi connectivity index (χ1v) is 32.7. The summed E-state index contributed by atoms with van der Waals surface area (Å²) in [6.07, 6.45) is 17.5. The van der Waals surface area contributed by atoms with Crippen molar-refractivity contribution in [2.24, 2.45) is 0 Å². The summed E-state index contributed by atoms with van der Waals surface area (Å²) in [7, 11) is 0. The van der Waals surface area contributed by atoms with Crippen LogP contribution in [0, 0.1) is 62.4 Å². The number of aryl methyl sites for hydroxylation is 5. The molecule has 0 fully saturated rings. The molecule has 3 amide bonds. The number of fused-ring (bicyclic) bond motifs is 3. The van der Waals surface area contributed by atoms with Crippen molar-refractivity contribution in [3.63, 3.8) is 0 Å². The summed E-state index contributed by atoms with van der Waals surface area (Å²) in [6, 6.07) is 54.6. The van der Waals surface area contributed by atoms with Gasteiger partial charge in [0.05, 0.1) is 27.8 Å². The second kappa shape index (κ2) is 36.6. The van der Waals surface area contributed by atoms with Gasteiger partial charge in [0.2, 0.25) is 0 Å². The van der Waals surface area contributed by atoms with Gasteiger partial charge in [-0.2, -0.15) is 0 Å². The summed E-state index contributed by atoms with van der Waals surface area (Å²) in [5, 5.41) is 14.8. The van der Waals surface area contributed by atoms with Gasteiger partial charge in [0.15, 0.2) is 0 Å². The number of benzene rings is 9. The van der Waals surface area contributed by atoms with Crippen molar-refractivity contribution in [1.29, 1.82) is 0 Å². The van der Waals surface area contributed by atoms with Crippen LogP contribution in [0.5, 0.6) is 0 Å². The molecular weight excluding hydrogens is 1310 g/mol. The highest BCUT2D eigenvalue weighted by Gasteiger charge is 2.18. The molecule has 0 saturated carbocycles. The smallest absolute Gasteiger partial charge is 0.258 e. The van der Waals surface area contributed by atoms with Crippen LogP contribution in [0.2, 0.25) is 0 Å². The lowest BCUT2D eigenvalue weighted by molar-refractivity contribution is 0.101. The zero-order valence-corrected chi connectivity index (χ0v) is 57.2. The molecule has 9 nitrogen and oxygen atoms in total. The molecule has 0 aliphatic rings. The molecule has 3 N–H and O–H groups in total. The second-order valence-corrected chi connectivity index (χ2v) is 25.3. The number of aromatic nitrogens is 3. The number of amides is 3. The Morgan fingerprint density at radius 3 is 1.28 bits per heavy atom. The van der Waals surface area contributed by atoms with Gasteiger partial charge in [0.25, 0.3) is 17.7 Å². The molecule has 0 atom stereocenters. The molecule has 0 saturated heterocycles. The highest BCUT2D eigenvalue weighted by atomic mass is 79.9. The van der Waals surface area contributed by atoms with Crippen LogP contribution in [0.15, 0.2) is 224 Å². The topological polar surface area (TPSA) is 126 Å². The van der Waals surface area contributed by atoms with Gasteiger partial charge in [0.1, 0.15) is 17.5 Å².